The highest BCUT2D eigenvalue weighted by Crippen LogP contribution is 2.24. The Morgan fingerprint density at radius 1 is 1.22 bits per heavy atom. The van der Waals surface area contributed by atoms with Gasteiger partial charge in [-0.05, 0) is 25.8 Å². The minimum atomic E-state index is -0.816. The van der Waals surface area contributed by atoms with Gasteiger partial charge in [0, 0.05) is 38.7 Å². The topological polar surface area (TPSA) is 141 Å². The van der Waals surface area contributed by atoms with E-state index < -0.39 is 11.6 Å². The number of nitrogens with zero attached hydrogens (tertiary/aromatic N) is 8. The Morgan fingerprint density at radius 3 is 2.78 bits per heavy atom. The number of benzene rings is 1. The molecule has 4 aromatic rings. The van der Waals surface area contributed by atoms with E-state index in [-0.39, 0.29) is 40.3 Å². The third-order valence-electron chi connectivity index (χ3n) is 6.25. The molecule has 0 radical (unpaired) electrons. The van der Waals surface area contributed by atoms with Crippen molar-refractivity contribution in [2.75, 3.05) is 44.0 Å². The number of aryl methyl sites for hydroxylation is 1. The van der Waals surface area contributed by atoms with Crippen LogP contribution >= 0.6 is 0 Å². The summed E-state index contributed by atoms with van der Waals surface area (Å²) < 4.78 is 40.1. The van der Waals surface area contributed by atoms with Gasteiger partial charge in [-0.3, -0.25) is 4.79 Å². The number of ether oxygens (including phenoxy) is 1. The van der Waals surface area contributed by atoms with Gasteiger partial charge in [0.2, 0.25) is 5.95 Å². The quantitative estimate of drug-likeness (QED) is 0.399. The van der Waals surface area contributed by atoms with Crippen molar-refractivity contribution >= 4 is 34.4 Å². The van der Waals surface area contributed by atoms with Crippen LogP contribution in [0.5, 0.6) is 0 Å². The van der Waals surface area contributed by atoms with E-state index >= 15 is 0 Å². The molecule has 2 N–H and O–H groups in total. The molecule has 0 saturated carbocycles. The van der Waals surface area contributed by atoms with E-state index in [0.29, 0.717) is 57.4 Å². The predicted octanol–water partition coefficient (Wildman–Crippen LogP) is 1.84. The Bertz CT molecular complexity index is 1420. The Morgan fingerprint density at radius 2 is 2.00 bits per heavy atom. The van der Waals surface area contributed by atoms with Gasteiger partial charge in [0.1, 0.15) is 11.3 Å². The number of nitrogens with two attached hydrogens (primary N) is 1. The molecular weight excluding hydrogens is 476 g/mol. The van der Waals surface area contributed by atoms with E-state index in [0.717, 1.165) is 12.1 Å². The molecule has 1 aliphatic rings. The maximum atomic E-state index is 14.1. The highest BCUT2D eigenvalue weighted by atomic mass is 19.1. The summed E-state index contributed by atoms with van der Waals surface area (Å²) in [5, 5.41) is 12.4. The summed E-state index contributed by atoms with van der Waals surface area (Å²) in [5.41, 5.74) is 6.08. The van der Waals surface area contributed by atoms with E-state index in [1.807, 2.05) is 11.8 Å². The normalized spacial score (nSPS) is 15.1. The first-order chi connectivity index (χ1) is 17.3. The molecule has 190 valence electrons. The molecule has 36 heavy (non-hydrogen) atoms. The lowest BCUT2D eigenvalue weighted by molar-refractivity contribution is 0.0695. The molecule has 1 aromatic carbocycles. The van der Waals surface area contributed by atoms with E-state index in [4.69, 9.17) is 14.9 Å². The highest BCUT2D eigenvalue weighted by molar-refractivity contribution is 5.92. The van der Waals surface area contributed by atoms with Crippen molar-refractivity contribution in [2.24, 2.45) is 0 Å². The Balaban J connectivity index is 1.22. The van der Waals surface area contributed by atoms with Crippen LogP contribution in [0.3, 0.4) is 0 Å². The highest BCUT2D eigenvalue weighted by Gasteiger charge is 2.25. The van der Waals surface area contributed by atoms with Gasteiger partial charge < -0.3 is 24.7 Å². The van der Waals surface area contributed by atoms with E-state index in [1.54, 1.807) is 11.9 Å². The van der Waals surface area contributed by atoms with E-state index in [2.05, 4.69) is 25.3 Å². The largest absolute Gasteiger partial charge is 0.399 e. The first-order valence-electron chi connectivity index (χ1n) is 11.5. The number of anilines is 2. The Kier molecular flexibility index (Phi) is 6.35. The second kappa shape index (κ2) is 9.60. The number of rotatable bonds is 7. The fourth-order valence-electron chi connectivity index (χ4n) is 4.09. The molecule has 1 atom stereocenters. The van der Waals surface area contributed by atoms with Gasteiger partial charge >= 0.3 is 17.8 Å². The SMILES string of the molecule is C[C@@H](CCCc1nc2c3cc(F)cc(F)c3nc(N)n2n1)N(C)C(=O)c1nnc(N2CCOCC2)o1. The molecule has 14 heteroatoms. The zero-order valence-corrected chi connectivity index (χ0v) is 19.8. The maximum absolute atomic E-state index is 14.1. The van der Waals surface area contributed by atoms with Crippen molar-refractivity contribution in [1.29, 1.82) is 0 Å². The monoisotopic (exact) mass is 501 g/mol. The Labute approximate surface area is 204 Å². The van der Waals surface area contributed by atoms with Crippen LogP contribution in [-0.4, -0.2) is 80.0 Å². The number of carbonyl (C=O) groups is 1. The van der Waals surface area contributed by atoms with Crippen molar-refractivity contribution in [1.82, 2.24) is 34.7 Å². The van der Waals surface area contributed by atoms with Crippen LogP contribution in [0.2, 0.25) is 0 Å². The molecule has 5 rings (SSSR count). The van der Waals surface area contributed by atoms with Crippen molar-refractivity contribution in [3.63, 3.8) is 0 Å². The van der Waals surface area contributed by atoms with Gasteiger partial charge in [-0.25, -0.2) is 18.7 Å². The second-order valence-corrected chi connectivity index (χ2v) is 8.66. The number of morpholine rings is 1. The standard InChI is InChI=1S/C22H25F2N9O3/c1-12(31(2)20(34)19-28-29-22(36-19)32-6-8-35-9-7-32)4-3-5-16-26-18-14-10-13(23)11-15(24)17(14)27-21(25)33(18)30-16/h10-12H,3-9H2,1-2H3,(H2,25,27)/t12-/m0/s1. The lowest BCUT2D eigenvalue weighted by Crippen LogP contribution is -2.36. The third-order valence-corrected chi connectivity index (χ3v) is 6.25. The summed E-state index contributed by atoms with van der Waals surface area (Å²) in [5.74, 6) is -1.58. The number of nitrogen functional groups attached to an aromatic ring is 1. The summed E-state index contributed by atoms with van der Waals surface area (Å²) in [4.78, 5) is 24.7. The number of aromatic nitrogens is 6. The molecule has 4 heterocycles. The van der Waals surface area contributed by atoms with Crippen molar-refractivity contribution in [2.45, 2.75) is 32.2 Å². The molecule has 0 bridgehead atoms. The van der Waals surface area contributed by atoms with Crippen LogP contribution < -0.4 is 10.6 Å². The van der Waals surface area contributed by atoms with E-state index in [9.17, 15) is 13.6 Å². The smallest absolute Gasteiger partial charge is 0.318 e. The van der Waals surface area contributed by atoms with Crippen LogP contribution in [0.25, 0.3) is 16.6 Å². The van der Waals surface area contributed by atoms with Gasteiger partial charge in [0.25, 0.3) is 0 Å². The average Bonchev–Trinajstić information content (AvgIpc) is 3.53. The lowest BCUT2D eigenvalue weighted by atomic mass is 10.1. The number of amides is 1. The second-order valence-electron chi connectivity index (χ2n) is 8.66. The van der Waals surface area contributed by atoms with Crippen LogP contribution in [0.4, 0.5) is 20.7 Å². The molecule has 1 saturated heterocycles. The van der Waals surface area contributed by atoms with Crippen LogP contribution in [0, 0.1) is 11.6 Å². The summed E-state index contributed by atoms with van der Waals surface area (Å²) in [6.45, 7) is 4.30. The summed E-state index contributed by atoms with van der Waals surface area (Å²) >= 11 is 0. The maximum Gasteiger partial charge on any atom is 0.318 e. The zero-order valence-electron chi connectivity index (χ0n) is 19.8. The van der Waals surface area contributed by atoms with Crippen LogP contribution in [-0.2, 0) is 11.2 Å². The fraction of sp³-hybridized carbons (Fsp3) is 0.455. The van der Waals surface area contributed by atoms with Crippen molar-refractivity contribution in [3.8, 4) is 0 Å². The summed E-state index contributed by atoms with van der Waals surface area (Å²) in [6.07, 6.45) is 1.75. The molecule has 0 unspecified atom stereocenters. The first kappa shape index (κ1) is 23.8. The molecule has 1 amide bonds. The van der Waals surface area contributed by atoms with Gasteiger partial charge in [-0.15, -0.1) is 10.2 Å². The van der Waals surface area contributed by atoms with Crippen molar-refractivity contribution in [3.05, 3.63) is 35.5 Å². The first-order valence-corrected chi connectivity index (χ1v) is 11.5. The van der Waals surface area contributed by atoms with Crippen molar-refractivity contribution < 1.29 is 22.7 Å². The molecule has 1 aliphatic heterocycles. The minimum absolute atomic E-state index is 0.0449. The molecular formula is C22H25F2N9O3. The number of carbonyl (C=O) groups excluding carboxylic acids is 1. The van der Waals surface area contributed by atoms with E-state index in [1.165, 1.54) is 4.52 Å². The number of fused-ring (bicyclic) bond motifs is 3. The summed E-state index contributed by atoms with van der Waals surface area (Å²) in [7, 11) is 1.68. The third kappa shape index (κ3) is 4.51. The van der Waals surface area contributed by atoms with Gasteiger partial charge in [-0.1, -0.05) is 5.10 Å². The van der Waals surface area contributed by atoms with Gasteiger partial charge in [-0.2, -0.15) is 4.52 Å². The predicted molar refractivity (Wildman–Crippen MR) is 124 cm³/mol. The zero-order chi connectivity index (χ0) is 25.4. The molecule has 12 nitrogen and oxygen atoms in total. The molecule has 0 aliphatic carbocycles. The number of halogens is 2. The number of hydrogen-bond donors (Lipinski definition) is 1. The van der Waals surface area contributed by atoms with Crippen LogP contribution in [0.1, 0.15) is 36.3 Å². The average molecular weight is 501 g/mol. The molecule has 3 aromatic heterocycles. The van der Waals surface area contributed by atoms with Gasteiger partial charge in [0.05, 0.1) is 18.6 Å². The van der Waals surface area contributed by atoms with Crippen LogP contribution in [0.15, 0.2) is 16.5 Å². The lowest BCUT2D eigenvalue weighted by Gasteiger charge is -2.24. The minimum Gasteiger partial charge on any atom is -0.399 e. The fourth-order valence-corrected chi connectivity index (χ4v) is 4.09. The number of hydrogen-bond acceptors (Lipinski definition) is 10. The molecule has 0 spiro atoms. The summed E-state index contributed by atoms with van der Waals surface area (Å²) in [6, 6.07) is 2.08. The Hall–Kier alpha value is -3.94. The van der Waals surface area contributed by atoms with Gasteiger partial charge in [0.15, 0.2) is 17.3 Å². The molecule has 1 fully saturated rings.